The van der Waals surface area contributed by atoms with Crippen LogP contribution in [0.1, 0.15) is 32.0 Å². The van der Waals surface area contributed by atoms with E-state index in [2.05, 4.69) is 0 Å². The predicted octanol–water partition coefficient (Wildman–Crippen LogP) is 4.25. The Hall–Kier alpha value is -4.18. The molecule has 0 radical (unpaired) electrons. The van der Waals surface area contributed by atoms with Gasteiger partial charge in [0.15, 0.2) is 5.76 Å². The van der Waals surface area contributed by atoms with Gasteiger partial charge in [-0.2, -0.15) is 0 Å². The highest BCUT2D eigenvalue weighted by Gasteiger charge is 2.35. The first-order chi connectivity index (χ1) is 17.9. The van der Waals surface area contributed by atoms with Gasteiger partial charge in [-0.05, 0) is 65.4 Å². The van der Waals surface area contributed by atoms with E-state index in [9.17, 15) is 23.6 Å². The second kappa shape index (κ2) is 10.4. The van der Waals surface area contributed by atoms with Crippen LogP contribution >= 0.6 is 11.8 Å². The molecular formula is C27H22FN3O5S. The third kappa shape index (κ3) is 5.34. The summed E-state index contributed by atoms with van der Waals surface area (Å²) >= 11 is 0.825. The topological polar surface area (TPSA) is 91.1 Å². The minimum atomic E-state index is -0.443. The van der Waals surface area contributed by atoms with E-state index < -0.39 is 17.0 Å². The molecule has 0 bridgehead atoms. The molecule has 0 N–H and O–H groups in total. The van der Waals surface area contributed by atoms with Gasteiger partial charge in [0.05, 0.1) is 17.7 Å². The number of imide groups is 1. The molecular weight excluding hydrogens is 497 g/mol. The summed E-state index contributed by atoms with van der Waals surface area (Å²) in [5.41, 5.74) is 1.68. The molecule has 0 saturated carbocycles. The summed E-state index contributed by atoms with van der Waals surface area (Å²) in [6.45, 7) is 1.63. The van der Waals surface area contributed by atoms with Crippen molar-refractivity contribution in [2.45, 2.75) is 6.54 Å². The van der Waals surface area contributed by atoms with E-state index in [1.54, 1.807) is 58.3 Å². The van der Waals surface area contributed by atoms with Crippen molar-refractivity contribution >= 4 is 40.8 Å². The van der Waals surface area contributed by atoms with Crippen molar-refractivity contribution in [3.05, 3.63) is 100 Å². The number of carbonyl (C=O) groups is 4. The van der Waals surface area contributed by atoms with Crippen LogP contribution in [0.15, 0.2) is 76.2 Å². The summed E-state index contributed by atoms with van der Waals surface area (Å²) in [6.07, 6.45) is 3.05. The molecule has 5 rings (SSSR count). The average Bonchev–Trinajstić information content (AvgIpc) is 3.54. The molecule has 8 nitrogen and oxygen atoms in total. The fraction of sp³-hybridized carbons (Fsp3) is 0.185. The van der Waals surface area contributed by atoms with Crippen molar-refractivity contribution in [1.82, 2.24) is 14.7 Å². The first-order valence-corrected chi connectivity index (χ1v) is 12.4. The molecule has 0 aliphatic carbocycles. The van der Waals surface area contributed by atoms with Crippen molar-refractivity contribution in [1.29, 1.82) is 0 Å². The molecule has 0 spiro atoms. The number of rotatable bonds is 5. The molecule has 2 fully saturated rings. The lowest BCUT2D eigenvalue weighted by Gasteiger charge is -2.34. The maximum atomic E-state index is 13.5. The summed E-state index contributed by atoms with van der Waals surface area (Å²) in [7, 11) is 0. The summed E-state index contributed by atoms with van der Waals surface area (Å²) in [5.74, 6) is -0.934. The highest BCUT2D eigenvalue weighted by atomic mass is 32.2. The van der Waals surface area contributed by atoms with Crippen LogP contribution < -0.4 is 0 Å². The average molecular weight is 520 g/mol. The number of carbonyl (C=O) groups excluding carboxylic acids is 4. The van der Waals surface area contributed by atoms with Crippen molar-refractivity contribution < 1.29 is 28.0 Å². The van der Waals surface area contributed by atoms with E-state index in [0.717, 1.165) is 16.7 Å². The number of hydrogen-bond donors (Lipinski definition) is 0. The zero-order valence-electron chi connectivity index (χ0n) is 19.6. The van der Waals surface area contributed by atoms with Crippen LogP contribution in [0.3, 0.4) is 0 Å². The molecule has 4 amide bonds. The predicted molar refractivity (Wildman–Crippen MR) is 135 cm³/mol. The first-order valence-electron chi connectivity index (χ1n) is 11.6. The molecule has 10 heteroatoms. The first kappa shape index (κ1) is 24.5. The van der Waals surface area contributed by atoms with Gasteiger partial charge in [-0.3, -0.25) is 24.1 Å². The Kier molecular flexibility index (Phi) is 6.91. The Morgan fingerprint density at radius 2 is 1.62 bits per heavy atom. The monoisotopic (exact) mass is 519 g/mol. The summed E-state index contributed by atoms with van der Waals surface area (Å²) in [6, 6.07) is 15.8. The van der Waals surface area contributed by atoms with E-state index in [0.29, 0.717) is 42.9 Å². The van der Waals surface area contributed by atoms with Gasteiger partial charge < -0.3 is 14.2 Å². The molecule has 3 heterocycles. The molecule has 0 unspecified atom stereocenters. The lowest BCUT2D eigenvalue weighted by Crippen LogP contribution is -2.50. The number of benzene rings is 2. The number of thioether (sulfide) groups is 1. The van der Waals surface area contributed by atoms with Crippen molar-refractivity contribution in [2.75, 3.05) is 26.2 Å². The van der Waals surface area contributed by atoms with Crippen LogP contribution in [-0.4, -0.2) is 63.8 Å². The largest absolute Gasteiger partial charge is 0.459 e. The number of furan rings is 1. The molecule has 1 aromatic heterocycles. The molecule has 2 aliphatic heterocycles. The van der Waals surface area contributed by atoms with Gasteiger partial charge in [0.2, 0.25) is 0 Å². The van der Waals surface area contributed by atoms with Gasteiger partial charge in [-0.25, -0.2) is 4.39 Å². The second-order valence-corrected chi connectivity index (χ2v) is 9.57. The fourth-order valence-corrected chi connectivity index (χ4v) is 5.02. The summed E-state index contributed by atoms with van der Waals surface area (Å²) in [5, 5.41) is -0.419. The molecule has 0 atom stereocenters. The molecule has 2 saturated heterocycles. The number of amides is 4. The Labute approximate surface area is 216 Å². The summed E-state index contributed by atoms with van der Waals surface area (Å²) in [4.78, 5) is 55.2. The van der Waals surface area contributed by atoms with Crippen LogP contribution in [0.25, 0.3) is 6.08 Å². The van der Waals surface area contributed by atoms with Gasteiger partial charge in [0.25, 0.3) is 23.0 Å². The highest BCUT2D eigenvalue weighted by Crippen LogP contribution is 2.33. The van der Waals surface area contributed by atoms with E-state index in [4.69, 9.17) is 4.42 Å². The minimum absolute atomic E-state index is 0.00637. The quantitative estimate of drug-likeness (QED) is 0.468. The van der Waals surface area contributed by atoms with Crippen LogP contribution in [0.2, 0.25) is 0 Å². The van der Waals surface area contributed by atoms with Gasteiger partial charge in [0.1, 0.15) is 5.82 Å². The van der Waals surface area contributed by atoms with E-state index in [1.807, 2.05) is 0 Å². The van der Waals surface area contributed by atoms with Crippen LogP contribution in [-0.2, 0) is 11.3 Å². The zero-order chi connectivity index (χ0) is 25.9. The lowest BCUT2D eigenvalue weighted by atomic mass is 10.1. The van der Waals surface area contributed by atoms with E-state index >= 15 is 0 Å². The Morgan fingerprint density at radius 3 is 2.27 bits per heavy atom. The Morgan fingerprint density at radius 1 is 0.919 bits per heavy atom. The zero-order valence-corrected chi connectivity index (χ0v) is 20.4. The maximum absolute atomic E-state index is 13.5. The SMILES string of the molecule is O=C(c1ccc(/C=C2\SC(=O)N(Cc3cccc(F)c3)C2=O)cc1)N1CCN(C(=O)c2ccco2)CC1. The van der Waals surface area contributed by atoms with Crippen molar-refractivity contribution in [2.24, 2.45) is 0 Å². The van der Waals surface area contributed by atoms with E-state index in [1.165, 1.54) is 24.5 Å². The molecule has 3 aromatic rings. The van der Waals surface area contributed by atoms with Gasteiger partial charge >= 0.3 is 0 Å². The van der Waals surface area contributed by atoms with Gasteiger partial charge in [-0.1, -0.05) is 24.3 Å². The highest BCUT2D eigenvalue weighted by molar-refractivity contribution is 8.18. The third-order valence-electron chi connectivity index (χ3n) is 6.14. The minimum Gasteiger partial charge on any atom is -0.459 e. The lowest BCUT2D eigenvalue weighted by molar-refractivity contribution is -0.123. The second-order valence-electron chi connectivity index (χ2n) is 8.58. The molecule has 37 heavy (non-hydrogen) atoms. The van der Waals surface area contributed by atoms with Gasteiger partial charge in [-0.15, -0.1) is 0 Å². The number of hydrogen-bond acceptors (Lipinski definition) is 6. The van der Waals surface area contributed by atoms with Crippen molar-refractivity contribution in [3.8, 4) is 0 Å². The normalized spacial score (nSPS) is 17.1. The smallest absolute Gasteiger partial charge is 0.293 e. The Bertz CT molecular complexity index is 1380. The van der Waals surface area contributed by atoms with Crippen LogP contribution in [0, 0.1) is 5.82 Å². The van der Waals surface area contributed by atoms with Crippen LogP contribution in [0.4, 0.5) is 9.18 Å². The fourth-order valence-electron chi connectivity index (χ4n) is 4.18. The molecule has 188 valence electrons. The Balaban J connectivity index is 1.20. The van der Waals surface area contributed by atoms with Gasteiger partial charge in [0, 0.05) is 31.7 Å². The number of halogens is 1. The van der Waals surface area contributed by atoms with Crippen molar-refractivity contribution in [3.63, 3.8) is 0 Å². The number of nitrogens with zero attached hydrogens (tertiary/aromatic N) is 3. The van der Waals surface area contributed by atoms with E-state index in [-0.39, 0.29) is 29.0 Å². The standard InChI is InChI=1S/C27H22FN3O5S/c28-21-4-1-3-19(15-21)17-31-26(34)23(37-27(31)35)16-18-6-8-20(9-7-18)24(32)29-10-12-30(13-11-29)25(33)22-5-2-14-36-22/h1-9,14-16H,10-13,17H2/b23-16-. The maximum Gasteiger partial charge on any atom is 0.293 e. The summed E-state index contributed by atoms with van der Waals surface area (Å²) < 4.78 is 18.6. The van der Waals surface area contributed by atoms with Crippen LogP contribution in [0.5, 0.6) is 0 Å². The number of piperazine rings is 1. The molecule has 2 aliphatic rings. The third-order valence-corrected chi connectivity index (χ3v) is 7.05. The molecule has 2 aromatic carbocycles.